The second-order valence-corrected chi connectivity index (χ2v) is 7.97. The zero-order valence-electron chi connectivity index (χ0n) is 12.9. The van der Waals surface area contributed by atoms with Gasteiger partial charge in [-0.05, 0) is 54.0 Å². The van der Waals surface area contributed by atoms with Crippen LogP contribution in [0.5, 0.6) is 0 Å². The molecule has 2 rings (SSSR count). The number of rotatable bonds is 7. The van der Waals surface area contributed by atoms with Crippen molar-refractivity contribution in [1.82, 2.24) is 0 Å². The number of sulfone groups is 1. The van der Waals surface area contributed by atoms with Gasteiger partial charge >= 0.3 is 0 Å². The van der Waals surface area contributed by atoms with Gasteiger partial charge in [0.2, 0.25) is 0 Å². The summed E-state index contributed by atoms with van der Waals surface area (Å²) in [7, 11) is -2.03. The fraction of sp³-hybridized carbons (Fsp3) is 0.562. The van der Waals surface area contributed by atoms with Crippen LogP contribution in [0.4, 0.5) is 0 Å². The summed E-state index contributed by atoms with van der Waals surface area (Å²) in [5, 5.41) is -0.611. The van der Waals surface area contributed by atoms with E-state index >= 15 is 0 Å². The first-order chi connectivity index (χ1) is 10.4. The van der Waals surface area contributed by atoms with Crippen molar-refractivity contribution in [2.24, 2.45) is 0 Å². The van der Waals surface area contributed by atoms with Crippen LogP contribution in [0.3, 0.4) is 0 Å². The van der Waals surface area contributed by atoms with Crippen LogP contribution in [0.2, 0.25) is 0 Å². The molecule has 0 atom stereocenters. The van der Waals surface area contributed by atoms with Crippen molar-refractivity contribution in [3.05, 3.63) is 28.8 Å². The maximum Gasteiger partial charge on any atom is 0.252 e. The maximum atomic E-state index is 12.8. The number of carbonyl (C=O) groups excluding carboxylic acids is 1. The number of methoxy groups -OCH3 is 1. The molecule has 122 valence electrons. The van der Waals surface area contributed by atoms with E-state index in [2.05, 4.69) is 0 Å². The van der Waals surface area contributed by atoms with Gasteiger partial charge in [-0.2, -0.15) is 0 Å². The third-order valence-electron chi connectivity index (χ3n) is 4.27. The fourth-order valence-electron chi connectivity index (χ4n) is 2.88. The molecule has 1 aromatic rings. The molecule has 1 aliphatic carbocycles. The first-order valence-corrected chi connectivity index (χ1v) is 9.52. The minimum atomic E-state index is -3.51. The summed E-state index contributed by atoms with van der Waals surface area (Å²) in [5.41, 5.74) is 1.67. The second-order valence-electron chi connectivity index (χ2n) is 5.58. The van der Waals surface area contributed by atoms with Crippen LogP contribution in [-0.4, -0.2) is 33.1 Å². The zero-order chi connectivity index (χ0) is 16.3. The topological polar surface area (TPSA) is 60.4 Å². The lowest BCUT2D eigenvalue weighted by Gasteiger charge is -2.29. The minimum Gasteiger partial charge on any atom is -0.384 e. The summed E-state index contributed by atoms with van der Waals surface area (Å²) in [4.78, 5) is 11.9. The monoisotopic (exact) mass is 344 g/mol. The molecule has 0 heterocycles. The Morgan fingerprint density at radius 3 is 2.50 bits per heavy atom. The number of hydrogen-bond acceptors (Lipinski definition) is 4. The van der Waals surface area contributed by atoms with Crippen LogP contribution in [0.1, 0.15) is 53.6 Å². The molecule has 0 radical (unpaired) electrons. The smallest absolute Gasteiger partial charge is 0.252 e. The normalized spacial score (nSPS) is 15.6. The Morgan fingerprint density at radius 2 is 2.05 bits per heavy atom. The van der Waals surface area contributed by atoms with E-state index in [0.29, 0.717) is 22.4 Å². The standard InChI is InChI=1S/C16H21ClO4S/c1-3-12-14(16(17)18)8-7-13(11-5-4-6-11)15(12)22(19,20)10-9-21-2/h7-8,11H,3-6,9-10H2,1-2H3. The average Bonchev–Trinajstić information content (AvgIpc) is 2.42. The Morgan fingerprint density at radius 1 is 1.36 bits per heavy atom. The van der Waals surface area contributed by atoms with Crippen molar-refractivity contribution < 1.29 is 17.9 Å². The third-order valence-corrected chi connectivity index (χ3v) is 6.28. The summed E-state index contributed by atoms with van der Waals surface area (Å²) in [6, 6.07) is 3.43. The van der Waals surface area contributed by atoms with Crippen LogP contribution in [0.15, 0.2) is 17.0 Å². The summed E-state index contributed by atoms with van der Waals surface area (Å²) in [6.45, 7) is 1.98. The lowest BCUT2D eigenvalue weighted by atomic mass is 9.79. The summed E-state index contributed by atoms with van der Waals surface area (Å²) >= 11 is 5.63. The predicted molar refractivity (Wildman–Crippen MR) is 86.5 cm³/mol. The zero-order valence-corrected chi connectivity index (χ0v) is 14.5. The van der Waals surface area contributed by atoms with E-state index < -0.39 is 15.1 Å². The summed E-state index contributed by atoms with van der Waals surface area (Å²) < 4.78 is 30.5. The highest BCUT2D eigenvalue weighted by molar-refractivity contribution is 7.91. The third kappa shape index (κ3) is 3.36. The van der Waals surface area contributed by atoms with E-state index in [4.69, 9.17) is 16.3 Å². The van der Waals surface area contributed by atoms with Gasteiger partial charge in [0.25, 0.3) is 5.24 Å². The molecule has 0 saturated heterocycles. The Labute approximate surface area is 136 Å². The Bertz CT molecular complexity index is 663. The van der Waals surface area contributed by atoms with E-state index in [9.17, 15) is 13.2 Å². The van der Waals surface area contributed by atoms with Gasteiger partial charge in [0.05, 0.1) is 17.3 Å². The van der Waals surface area contributed by atoms with Gasteiger partial charge < -0.3 is 4.74 Å². The molecule has 1 fully saturated rings. The fourth-order valence-corrected chi connectivity index (χ4v) is 4.87. The molecule has 0 aromatic heterocycles. The molecule has 0 N–H and O–H groups in total. The van der Waals surface area contributed by atoms with Crippen molar-refractivity contribution in [3.63, 3.8) is 0 Å². The molecular weight excluding hydrogens is 324 g/mol. The van der Waals surface area contributed by atoms with Crippen LogP contribution in [-0.2, 0) is 21.0 Å². The highest BCUT2D eigenvalue weighted by atomic mass is 35.5. The average molecular weight is 345 g/mol. The van der Waals surface area contributed by atoms with Crippen LogP contribution < -0.4 is 0 Å². The SMILES string of the molecule is CCc1c(C(=O)Cl)ccc(C2CCC2)c1S(=O)(=O)CCOC. The molecule has 0 aliphatic heterocycles. The van der Waals surface area contributed by atoms with Crippen LogP contribution in [0.25, 0.3) is 0 Å². The molecule has 22 heavy (non-hydrogen) atoms. The van der Waals surface area contributed by atoms with Gasteiger partial charge in [-0.3, -0.25) is 4.79 Å². The molecular formula is C16H21ClO4S. The molecule has 1 saturated carbocycles. The van der Waals surface area contributed by atoms with Gasteiger partial charge in [0.15, 0.2) is 9.84 Å². The Hall–Kier alpha value is -0.910. The largest absolute Gasteiger partial charge is 0.384 e. The number of hydrogen-bond donors (Lipinski definition) is 0. The van der Waals surface area contributed by atoms with Gasteiger partial charge in [-0.15, -0.1) is 0 Å². The lowest BCUT2D eigenvalue weighted by Crippen LogP contribution is -2.21. The highest BCUT2D eigenvalue weighted by Crippen LogP contribution is 2.41. The van der Waals surface area contributed by atoms with Crippen LogP contribution >= 0.6 is 11.6 Å². The van der Waals surface area contributed by atoms with E-state index in [1.165, 1.54) is 7.11 Å². The highest BCUT2D eigenvalue weighted by Gasteiger charge is 2.31. The van der Waals surface area contributed by atoms with Crippen molar-refractivity contribution in [2.45, 2.75) is 43.4 Å². The van der Waals surface area contributed by atoms with E-state index in [1.54, 1.807) is 12.1 Å². The Kier molecular flexibility index (Phi) is 5.64. The van der Waals surface area contributed by atoms with E-state index in [1.807, 2.05) is 6.92 Å². The lowest BCUT2D eigenvalue weighted by molar-refractivity contribution is 0.108. The van der Waals surface area contributed by atoms with Gasteiger partial charge in [-0.25, -0.2) is 8.42 Å². The van der Waals surface area contributed by atoms with Crippen LogP contribution in [0, 0.1) is 0 Å². The molecule has 0 bridgehead atoms. The van der Waals surface area contributed by atoms with Crippen molar-refractivity contribution in [1.29, 1.82) is 0 Å². The van der Waals surface area contributed by atoms with E-state index in [-0.39, 0.29) is 18.3 Å². The van der Waals surface area contributed by atoms with Crippen molar-refractivity contribution in [2.75, 3.05) is 19.5 Å². The molecule has 0 amide bonds. The second kappa shape index (κ2) is 7.11. The van der Waals surface area contributed by atoms with Crippen molar-refractivity contribution in [3.8, 4) is 0 Å². The molecule has 1 aromatic carbocycles. The van der Waals surface area contributed by atoms with Crippen molar-refractivity contribution >= 4 is 26.7 Å². The molecule has 6 heteroatoms. The quantitative estimate of drug-likeness (QED) is 0.712. The maximum absolute atomic E-state index is 12.8. The van der Waals surface area contributed by atoms with Gasteiger partial charge in [-0.1, -0.05) is 19.4 Å². The van der Waals surface area contributed by atoms with Gasteiger partial charge in [0, 0.05) is 12.7 Å². The number of benzene rings is 1. The molecule has 1 aliphatic rings. The first-order valence-electron chi connectivity index (χ1n) is 7.49. The number of ether oxygens (including phenoxy) is 1. The number of halogens is 1. The minimum absolute atomic E-state index is 0.0872. The first kappa shape index (κ1) is 17.4. The Balaban J connectivity index is 2.64. The molecule has 0 spiro atoms. The molecule has 4 nitrogen and oxygen atoms in total. The molecule has 0 unspecified atom stereocenters. The number of carbonyl (C=O) groups is 1. The van der Waals surface area contributed by atoms with Gasteiger partial charge in [0.1, 0.15) is 0 Å². The van der Waals surface area contributed by atoms with E-state index in [0.717, 1.165) is 24.8 Å². The summed E-state index contributed by atoms with van der Waals surface area (Å²) in [5.74, 6) is 0.174. The predicted octanol–water partition coefficient (Wildman–Crippen LogP) is 3.32. The summed E-state index contributed by atoms with van der Waals surface area (Å²) in [6.07, 6.45) is 3.55.